The first-order chi connectivity index (χ1) is 9.17. The molecule has 0 aliphatic rings. The topological polar surface area (TPSA) is 27.6 Å². The van der Waals surface area contributed by atoms with Gasteiger partial charge in [-0.25, -0.2) is 0 Å². The van der Waals surface area contributed by atoms with Crippen LogP contribution in [0.5, 0.6) is 0 Å². The van der Waals surface area contributed by atoms with Gasteiger partial charge in [-0.1, -0.05) is 43.2 Å². The Balaban J connectivity index is 0.00000361. The van der Waals surface area contributed by atoms with Gasteiger partial charge in [0.15, 0.2) is 5.96 Å². The van der Waals surface area contributed by atoms with Crippen LogP contribution >= 0.6 is 24.0 Å². The summed E-state index contributed by atoms with van der Waals surface area (Å²) in [5, 5.41) is 3.42. The van der Waals surface area contributed by atoms with Crippen molar-refractivity contribution < 1.29 is 0 Å². The lowest BCUT2D eigenvalue weighted by atomic mass is 10.1. The molecule has 1 aromatic carbocycles. The third-order valence-electron chi connectivity index (χ3n) is 3.24. The van der Waals surface area contributed by atoms with Crippen LogP contribution in [0.15, 0.2) is 29.3 Å². The quantitative estimate of drug-likeness (QED) is 0.459. The van der Waals surface area contributed by atoms with Crippen molar-refractivity contribution in [2.24, 2.45) is 4.99 Å². The molecule has 0 saturated heterocycles. The van der Waals surface area contributed by atoms with Gasteiger partial charge in [-0.2, -0.15) is 0 Å². The van der Waals surface area contributed by atoms with Gasteiger partial charge in [-0.3, -0.25) is 4.99 Å². The van der Waals surface area contributed by atoms with Crippen LogP contribution in [0.3, 0.4) is 0 Å². The van der Waals surface area contributed by atoms with Crippen LogP contribution in [0.4, 0.5) is 0 Å². The van der Waals surface area contributed by atoms with Crippen molar-refractivity contribution in [3.8, 4) is 0 Å². The van der Waals surface area contributed by atoms with Gasteiger partial charge < -0.3 is 10.2 Å². The Morgan fingerprint density at radius 2 is 1.90 bits per heavy atom. The molecule has 1 aromatic rings. The first-order valence-electron chi connectivity index (χ1n) is 7.14. The van der Waals surface area contributed by atoms with Gasteiger partial charge in [0.1, 0.15) is 0 Å². The molecule has 0 spiro atoms. The average Bonchev–Trinajstić information content (AvgIpc) is 2.43. The number of hydrogen-bond acceptors (Lipinski definition) is 1. The second-order valence-corrected chi connectivity index (χ2v) is 4.98. The zero-order chi connectivity index (χ0) is 14.1. The summed E-state index contributed by atoms with van der Waals surface area (Å²) >= 11 is 0. The largest absolute Gasteiger partial charge is 0.356 e. The van der Waals surface area contributed by atoms with Crippen LogP contribution in [-0.4, -0.2) is 38.0 Å². The highest BCUT2D eigenvalue weighted by Gasteiger charge is 2.04. The van der Waals surface area contributed by atoms with Crippen LogP contribution in [-0.2, 0) is 6.42 Å². The number of aryl methyl sites for hydroxylation is 1. The van der Waals surface area contributed by atoms with Crippen LogP contribution in [0, 0.1) is 6.92 Å². The Labute approximate surface area is 140 Å². The predicted octanol–water partition coefficient (Wildman–Crippen LogP) is 3.46. The molecule has 0 unspecified atom stereocenters. The van der Waals surface area contributed by atoms with E-state index in [-0.39, 0.29) is 24.0 Å². The number of nitrogens with zero attached hydrogens (tertiary/aromatic N) is 2. The van der Waals surface area contributed by atoms with Crippen LogP contribution in [0.25, 0.3) is 0 Å². The number of hydrogen-bond donors (Lipinski definition) is 1. The molecule has 1 N–H and O–H groups in total. The summed E-state index contributed by atoms with van der Waals surface area (Å²) in [7, 11) is 3.94. The number of rotatable bonds is 6. The van der Waals surface area contributed by atoms with E-state index in [1.807, 2.05) is 7.05 Å². The van der Waals surface area contributed by atoms with Crippen LogP contribution in [0.1, 0.15) is 30.9 Å². The van der Waals surface area contributed by atoms with Crippen LogP contribution in [0.2, 0.25) is 0 Å². The molecule has 0 atom stereocenters. The SMILES string of the molecule is CCCCN(C)C(=NC)NCCc1ccc(C)cc1.I. The van der Waals surface area contributed by atoms with E-state index in [0.29, 0.717) is 0 Å². The summed E-state index contributed by atoms with van der Waals surface area (Å²) in [5.74, 6) is 0.987. The molecule has 114 valence electrons. The lowest BCUT2D eigenvalue weighted by Crippen LogP contribution is -2.40. The number of benzene rings is 1. The Bertz CT molecular complexity index is 387. The Morgan fingerprint density at radius 3 is 2.45 bits per heavy atom. The van der Waals surface area contributed by atoms with Crippen molar-refractivity contribution in [1.29, 1.82) is 0 Å². The Morgan fingerprint density at radius 1 is 1.25 bits per heavy atom. The van der Waals surface area contributed by atoms with Crippen molar-refractivity contribution in [2.45, 2.75) is 33.1 Å². The van der Waals surface area contributed by atoms with E-state index in [2.05, 4.69) is 60.4 Å². The maximum absolute atomic E-state index is 4.32. The van der Waals surface area contributed by atoms with Crippen molar-refractivity contribution in [2.75, 3.05) is 27.2 Å². The Hall–Kier alpha value is -0.780. The Kier molecular flexibility index (Phi) is 10.5. The first-order valence-corrected chi connectivity index (χ1v) is 7.14. The number of nitrogens with one attached hydrogen (secondary N) is 1. The fourth-order valence-corrected chi connectivity index (χ4v) is 1.96. The fraction of sp³-hybridized carbons (Fsp3) is 0.562. The zero-order valence-electron chi connectivity index (χ0n) is 13.1. The standard InChI is InChI=1S/C16H27N3.HI/c1-5-6-13-19(4)16(17-3)18-12-11-15-9-7-14(2)8-10-15;/h7-10H,5-6,11-13H2,1-4H3,(H,17,18);1H. The normalized spacial score (nSPS) is 10.9. The van der Waals surface area contributed by atoms with Crippen molar-refractivity contribution in [3.63, 3.8) is 0 Å². The molecule has 4 heteroatoms. The monoisotopic (exact) mass is 389 g/mol. The van der Waals surface area contributed by atoms with E-state index in [1.165, 1.54) is 24.0 Å². The van der Waals surface area contributed by atoms with Gasteiger partial charge in [0.25, 0.3) is 0 Å². The van der Waals surface area contributed by atoms with Crippen molar-refractivity contribution in [3.05, 3.63) is 35.4 Å². The molecule has 0 bridgehead atoms. The highest BCUT2D eigenvalue weighted by molar-refractivity contribution is 14.0. The summed E-state index contributed by atoms with van der Waals surface area (Å²) in [6.45, 7) is 6.31. The number of guanidine groups is 1. The molecule has 0 heterocycles. The molecule has 0 aromatic heterocycles. The minimum absolute atomic E-state index is 0. The predicted molar refractivity (Wildman–Crippen MR) is 99.2 cm³/mol. The molecular formula is C16H28IN3. The molecule has 0 aliphatic heterocycles. The minimum atomic E-state index is 0. The van der Waals surface area contributed by atoms with Crippen molar-refractivity contribution >= 4 is 29.9 Å². The van der Waals surface area contributed by atoms with Gasteiger partial charge in [0, 0.05) is 27.2 Å². The second kappa shape index (κ2) is 10.9. The second-order valence-electron chi connectivity index (χ2n) is 4.98. The zero-order valence-corrected chi connectivity index (χ0v) is 15.5. The molecule has 20 heavy (non-hydrogen) atoms. The molecular weight excluding hydrogens is 361 g/mol. The molecule has 3 nitrogen and oxygen atoms in total. The molecule has 0 fully saturated rings. The summed E-state index contributed by atoms with van der Waals surface area (Å²) in [6.07, 6.45) is 3.45. The maximum atomic E-state index is 4.32. The van der Waals surface area contributed by atoms with Crippen molar-refractivity contribution in [1.82, 2.24) is 10.2 Å². The fourth-order valence-electron chi connectivity index (χ4n) is 1.96. The maximum Gasteiger partial charge on any atom is 0.193 e. The highest BCUT2D eigenvalue weighted by Crippen LogP contribution is 2.03. The summed E-state index contributed by atoms with van der Waals surface area (Å²) < 4.78 is 0. The van der Waals surface area contributed by atoms with E-state index in [4.69, 9.17) is 0 Å². The summed E-state index contributed by atoms with van der Waals surface area (Å²) in [6, 6.07) is 8.72. The molecule has 1 rings (SSSR count). The third kappa shape index (κ3) is 7.12. The van der Waals surface area contributed by atoms with E-state index in [0.717, 1.165) is 25.5 Å². The highest BCUT2D eigenvalue weighted by atomic mass is 127. The number of aliphatic imine (C=N–C) groups is 1. The van der Waals surface area contributed by atoms with E-state index >= 15 is 0 Å². The minimum Gasteiger partial charge on any atom is -0.356 e. The van der Waals surface area contributed by atoms with Gasteiger partial charge in [-0.05, 0) is 25.3 Å². The van der Waals surface area contributed by atoms with Gasteiger partial charge in [-0.15, -0.1) is 24.0 Å². The molecule has 0 amide bonds. The average molecular weight is 389 g/mol. The van der Waals surface area contributed by atoms with Gasteiger partial charge in [0.05, 0.1) is 0 Å². The third-order valence-corrected chi connectivity index (χ3v) is 3.24. The molecule has 0 aliphatic carbocycles. The molecule has 0 radical (unpaired) electrons. The smallest absolute Gasteiger partial charge is 0.193 e. The van der Waals surface area contributed by atoms with Crippen LogP contribution < -0.4 is 5.32 Å². The van der Waals surface area contributed by atoms with Gasteiger partial charge in [0.2, 0.25) is 0 Å². The van der Waals surface area contributed by atoms with E-state index in [1.54, 1.807) is 0 Å². The van der Waals surface area contributed by atoms with E-state index in [9.17, 15) is 0 Å². The first kappa shape index (κ1) is 19.2. The summed E-state index contributed by atoms with van der Waals surface area (Å²) in [4.78, 5) is 6.51. The summed E-state index contributed by atoms with van der Waals surface area (Å²) in [5.41, 5.74) is 2.68. The lowest BCUT2D eigenvalue weighted by molar-refractivity contribution is 0.465. The number of unbranched alkanes of at least 4 members (excludes halogenated alkanes) is 1. The number of halogens is 1. The molecule has 0 saturated carbocycles. The lowest BCUT2D eigenvalue weighted by Gasteiger charge is -2.21. The van der Waals surface area contributed by atoms with E-state index < -0.39 is 0 Å². The van der Waals surface area contributed by atoms with Gasteiger partial charge >= 0.3 is 0 Å².